The molecule has 1 aromatic heterocycles. The van der Waals surface area contributed by atoms with Gasteiger partial charge in [0.25, 0.3) is 0 Å². The van der Waals surface area contributed by atoms with Crippen molar-refractivity contribution < 1.29 is 0 Å². The molecule has 0 saturated heterocycles. The second-order valence-electron chi connectivity index (χ2n) is 3.37. The normalized spacial score (nSPS) is 11.1. The number of allylic oxidation sites excluding steroid dienone is 1. The van der Waals surface area contributed by atoms with Crippen molar-refractivity contribution in [2.75, 3.05) is 5.43 Å². The van der Waals surface area contributed by atoms with Crippen molar-refractivity contribution in [2.24, 2.45) is 5.10 Å². The number of anilines is 1. The van der Waals surface area contributed by atoms with E-state index in [1.807, 2.05) is 60.7 Å². The quantitative estimate of drug-likeness (QED) is 0.638. The van der Waals surface area contributed by atoms with Crippen molar-refractivity contribution >= 4 is 18.1 Å². The summed E-state index contributed by atoms with van der Waals surface area (Å²) in [6, 6.07) is 15.7. The van der Waals surface area contributed by atoms with Crippen LogP contribution in [0.15, 0.2) is 65.9 Å². The number of benzene rings is 1. The first-order valence-corrected chi connectivity index (χ1v) is 5.37. The molecule has 84 valence electrons. The molecule has 0 bridgehead atoms. The standard InChI is InChI=1S/C14H13N3/c1-2-7-13(8-3-1)9-6-12-16-17-14-10-4-5-11-15-14/h1-12H,(H,15,17)/b9-6+,16-12-. The molecule has 3 heteroatoms. The van der Waals surface area contributed by atoms with Crippen LogP contribution in [0.25, 0.3) is 6.08 Å². The molecule has 17 heavy (non-hydrogen) atoms. The molecule has 1 N–H and O–H groups in total. The topological polar surface area (TPSA) is 37.3 Å². The van der Waals surface area contributed by atoms with E-state index in [1.165, 1.54) is 0 Å². The van der Waals surface area contributed by atoms with Gasteiger partial charge in [0.15, 0.2) is 0 Å². The Hall–Kier alpha value is -2.42. The molecule has 0 aliphatic heterocycles. The molecule has 0 atom stereocenters. The Labute approximate surface area is 101 Å². The molecule has 2 aromatic rings. The molecule has 0 unspecified atom stereocenters. The molecule has 0 radical (unpaired) electrons. The Bertz CT molecular complexity index is 489. The van der Waals surface area contributed by atoms with Crippen LogP contribution in [0.3, 0.4) is 0 Å². The number of hydrazone groups is 1. The lowest BCUT2D eigenvalue weighted by Crippen LogP contribution is -1.90. The molecule has 3 nitrogen and oxygen atoms in total. The van der Waals surface area contributed by atoms with Crippen molar-refractivity contribution in [1.82, 2.24) is 4.98 Å². The maximum Gasteiger partial charge on any atom is 0.146 e. The van der Waals surface area contributed by atoms with Crippen LogP contribution in [0, 0.1) is 0 Å². The van der Waals surface area contributed by atoms with Gasteiger partial charge in [0.2, 0.25) is 0 Å². The summed E-state index contributed by atoms with van der Waals surface area (Å²) in [4.78, 5) is 4.09. The van der Waals surface area contributed by atoms with Crippen LogP contribution >= 0.6 is 0 Å². The first-order valence-electron chi connectivity index (χ1n) is 5.37. The van der Waals surface area contributed by atoms with E-state index >= 15 is 0 Å². The van der Waals surface area contributed by atoms with Gasteiger partial charge < -0.3 is 0 Å². The monoisotopic (exact) mass is 223 g/mol. The summed E-state index contributed by atoms with van der Waals surface area (Å²) in [7, 11) is 0. The lowest BCUT2D eigenvalue weighted by Gasteiger charge is -1.95. The summed E-state index contributed by atoms with van der Waals surface area (Å²) in [5, 5.41) is 4.03. The van der Waals surface area contributed by atoms with Gasteiger partial charge >= 0.3 is 0 Å². The number of hydrogen-bond acceptors (Lipinski definition) is 3. The third-order valence-electron chi connectivity index (χ3n) is 2.09. The fraction of sp³-hybridized carbons (Fsp3) is 0. The van der Waals surface area contributed by atoms with Crippen LogP contribution in [0.5, 0.6) is 0 Å². The fourth-order valence-corrected chi connectivity index (χ4v) is 1.29. The zero-order valence-electron chi connectivity index (χ0n) is 9.32. The fourth-order valence-electron chi connectivity index (χ4n) is 1.29. The average Bonchev–Trinajstić information content (AvgIpc) is 2.41. The van der Waals surface area contributed by atoms with Crippen LogP contribution in [0.1, 0.15) is 5.56 Å². The van der Waals surface area contributed by atoms with Crippen molar-refractivity contribution in [1.29, 1.82) is 0 Å². The first-order chi connectivity index (χ1) is 8.45. The summed E-state index contributed by atoms with van der Waals surface area (Å²) < 4.78 is 0. The Balaban J connectivity index is 1.85. The van der Waals surface area contributed by atoms with E-state index in [1.54, 1.807) is 12.4 Å². The van der Waals surface area contributed by atoms with Gasteiger partial charge in [-0.05, 0) is 23.8 Å². The van der Waals surface area contributed by atoms with Crippen molar-refractivity contribution in [3.05, 3.63) is 66.4 Å². The molecule has 0 amide bonds. The highest BCUT2D eigenvalue weighted by molar-refractivity contribution is 5.78. The predicted octanol–water partition coefficient (Wildman–Crippen LogP) is 3.19. The van der Waals surface area contributed by atoms with Gasteiger partial charge in [0.05, 0.1) is 0 Å². The molecule has 1 heterocycles. The summed E-state index contributed by atoms with van der Waals surface area (Å²) >= 11 is 0. The van der Waals surface area contributed by atoms with E-state index in [0.717, 1.165) is 11.4 Å². The maximum atomic E-state index is 4.09. The minimum absolute atomic E-state index is 0.733. The maximum absolute atomic E-state index is 4.09. The van der Waals surface area contributed by atoms with Gasteiger partial charge in [0.1, 0.15) is 5.82 Å². The van der Waals surface area contributed by atoms with E-state index in [0.29, 0.717) is 0 Å². The lowest BCUT2D eigenvalue weighted by atomic mass is 10.2. The number of nitrogens with zero attached hydrogens (tertiary/aromatic N) is 2. The predicted molar refractivity (Wildman–Crippen MR) is 71.8 cm³/mol. The highest BCUT2D eigenvalue weighted by atomic mass is 15.3. The molecule has 0 saturated carbocycles. The van der Waals surface area contributed by atoms with Gasteiger partial charge in [-0.15, -0.1) is 0 Å². The SMILES string of the molecule is C(/C=C/c1ccccc1)=N/Nc1ccccn1. The van der Waals surface area contributed by atoms with Gasteiger partial charge in [-0.25, -0.2) is 4.98 Å². The smallest absolute Gasteiger partial charge is 0.146 e. The van der Waals surface area contributed by atoms with Gasteiger partial charge in [0, 0.05) is 12.4 Å². The van der Waals surface area contributed by atoms with E-state index in [4.69, 9.17) is 0 Å². The van der Waals surface area contributed by atoms with Crippen LogP contribution in [-0.2, 0) is 0 Å². The number of aromatic nitrogens is 1. The Morgan fingerprint density at radius 3 is 2.59 bits per heavy atom. The van der Waals surface area contributed by atoms with Crippen LogP contribution in [-0.4, -0.2) is 11.2 Å². The van der Waals surface area contributed by atoms with Crippen molar-refractivity contribution in [2.45, 2.75) is 0 Å². The largest absolute Gasteiger partial charge is 0.261 e. The lowest BCUT2D eigenvalue weighted by molar-refractivity contribution is 1.23. The second-order valence-corrected chi connectivity index (χ2v) is 3.37. The Morgan fingerprint density at radius 1 is 1.00 bits per heavy atom. The number of pyridine rings is 1. The van der Waals surface area contributed by atoms with Crippen LogP contribution in [0.4, 0.5) is 5.82 Å². The molecular formula is C14H13N3. The van der Waals surface area contributed by atoms with E-state index in [9.17, 15) is 0 Å². The molecule has 0 aliphatic rings. The van der Waals surface area contributed by atoms with E-state index in [-0.39, 0.29) is 0 Å². The molecule has 1 aromatic carbocycles. The Morgan fingerprint density at radius 2 is 1.82 bits per heavy atom. The molecular weight excluding hydrogens is 210 g/mol. The second kappa shape index (κ2) is 6.23. The number of rotatable bonds is 4. The van der Waals surface area contributed by atoms with E-state index < -0.39 is 0 Å². The third-order valence-corrected chi connectivity index (χ3v) is 2.09. The first kappa shape index (κ1) is 11.1. The summed E-state index contributed by atoms with van der Waals surface area (Å²) in [6.45, 7) is 0. The minimum atomic E-state index is 0.733. The Kier molecular flexibility index (Phi) is 4.06. The summed E-state index contributed by atoms with van der Waals surface area (Å²) in [6.07, 6.45) is 7.29. The zero-order valence-corrected chi connectivity index (χ0v) is 9.32. The van der Waals surface area contributed by atoms with Crippen LogP contribution < -0.4 is 5.43 Å². The number of nitrogens with one attached hydrogen (secondary N) is 1. The number of hydrogen-bond donors (Lipinski definition) is 1. The highest BCUT2D eigenvalue weighted by Crippen LogP contribution is 2.00. The molecule has 0 fully saturated rings. The molecule has 2 rings (SSSR count). The third kappa shape index (κ3) is 3.91. The van der Waals surface area contributed by atoms with Gasteiger partial charge in [-0.1, -0.05) is 42.5 Å². The van der Waals surface area contributed by atoms with Crippen LogP contribution in [0.2, 0.25) is 0 Å². The van der Waals surface area contributed by atoms with Gasteiger partial charge in [-0.2, -0.15) is 5.10 Å². The molecule has 0 spiro atoms. The zero-order chi connectivity index (χ0) is 11.8. The minimum Gasteiger partial charge on any atom is -0.261 e. The van der Waals surface area contributed by atoms with Crippen molar-refractivity contribution in [3.63, 3.8) is 0 Å². The van der Waals surface area contributed by atoms with Crippen molar-refractivity contribution in [3.8, 4) is 0 Å². The van der Waals surface area contributed by atoms with E-state index in [2.05, 4.69) is 15.5 Å². The average molecular weight is 223 g/mol. The summed E-state index contributed by atoms with van der Waals surface area (Å²) in [5.41, 5.74) is 3.99. The highest BCUT2D eigenvalue weighted by Gasteiger charge is 1.84. The van der Waals surface area contributed by atoms with Gasteiger partial charge in [-0.3, -0.25) is 5.43 Å². The molecule has 0 aliphatic carbocycles. The summed E-state index contributed by atoms with van der Waals surface area (Å²) in [5.74, 6) is 0.733.